The molecule has 1 amide bonds. The Labute approximate surface area is 128 Å². The van der Waals surface area contributed by atoms with Gasteiger partial charge in [-0.25, -0.2) is 0 Å². The van der Waals surface area contributed by atoms with Crippen LogP contribution in [0.4, 0.5) is 0 Å². The van der Waals surface area contributed by atoms with Gasteiger partial charge in [0.2, 0.25) is 0 Å². The number of hydrogen-bond acceptors (Lipinski definition) is 2. The van der Waals surface area contributed by atoms with Crippen LogP contribution in [0.25, 0.3) is 0 Å². The smallest absolute Gasteiger partial charge is 0.255 e. The zero-order valence-electron chi connectivity index (χ0n) is 11.8. The number of rotatable bonds is 3. The minimum Gasteiger partial charge on any atom is -0.318 e. The molecule has 0 saturated heterocycles. The fraction of sp³-hybridized carbons (Fsp3) is 0.294. The molecule has 1 heterocycles. The van der Waals surface area contributed by atoms with Crippen molar-refractivity contribution in [2.75, 3.05) is 0 Å². The molecule has 21 heavy (non-hydrogen) atoms. The Kier molecular flexibility index (Phi) is 3.46. The molecule has 2 atom stereocenters. The number of ketones is 1. The minimum absolute atomic E-state index is 0.101. The maximum atomic E-state index is 12.7. The van der Waals surface area contributed by atoms with Crippen LogP contribution in [-0.2, 0) is 11.3 Å². The molecule has 3 rings (SSSR count). The highest BCUT2D eigenvalue weighted by molar-refractivity contribution is 6.32. The van der Waals surface area contributed by atoms with Crippen LogP contribution >= 0.6 is 11.6 Å². The maximum Gasteiger partial charge on any atom is 0.255 e. The first-order valence-corrected chi connectivity index (χ1v) is 7.42. The average molecular weight is 302 g/mol. The lowest BCUT2D eigenvalue weighted by Crippen LogP contribution is -2.55. The van der Waals surface area contributed by atoms with Crippen LogP contribution in [0.3, 0.4) is 0 Å². The average Bonchev–Trinajstić information content (AvgIpc) is 2.85. The van der Waals surface area contributed by atoms with E-state index in [2.05, 4.69) is 0 Å². The molecule has 1 aromatic rings. The predicted molar refractivity (Wildman–Crippen MR) is 82.3 cm³/mol. The molecule has 0 spiro atoms. The van der Waals surface area contributed by atoms with E-state index in [1.165, 1.54) is 0 Å². The number of alkyl halides is 1. The van der Waals surface area contributed by atoms with Gasteiger partial charge in [0.25, 0.3) is 5.91 Å². The van der Waals surface area contributed by atoms with Crippen LogP contribution < -0.4 is 0 Å². The van der Waals surface area contributed by atoms with Crippen LogP contribution in [0.15, 0.2) is 48.6 Å². The topological polar surface area (TPSA) is 37.4 Å². The van der Waals surface area contributed by atoms with Crippen molar-refractivity contribution in [3.05, 3.63) is 59.7 Å². The standard InChI is InChI=1S/C17H16ClNO2/c1-12(18)15(20)17(9-5-2-6-10-17)19-11-13-7-3-4-8-14(13)16(19)21/h2-9,12H,10-11H2,1H3. The first-order chi connectivity index (χ1) is 10.1. The molecular formula is C17H16ClNO2. The lowest BCUT2D eigenvalue weighted by molar-refractivity contribution is -0.126. The lowest BCUT2D eigenvalue weighted by atomic mass is 9.83. The molecule has 3 nitrogen and oxygen atoms in total. The number of fused-ring (bicyclic) bond motifs is 1. The normalized spacial score (nSPS) is 25.0. The van der Waals surface area contributed by atoms with Crippen molar-refractivity contribution in [2.45, 2.75) is 30.8 Å². The summed E-state index contributed by atoms with van der Waals surface area (Å²) >= 11 is 6.04. The number of carbonyl (C=O) groups excluding carboxylic acids is 2. The summed E-state index contributed by atoms with van der Waals surface area (Å²) in [4.78, 5) is 27.0. The van der Waals surface area contributed by atoms with E-state index in [1.807, 2.05) is 42.5 Å². The predicted octanol–water partition coefficient (Wildman–Crippen LogP) is 3.09. The third-order valence-corrected chi connectivity index (χ3v) is 4.34. The van der Waals surface area contributed by atoms with E-state index in [0.29, 0.717) is 18.5 Å². The van der Waals surface area contributed by atoms with Crippen molar-refractivity contribution >= 4 is 23.3 Å². The van der Waals surface area contributed by atoms with Crippen LogP contribution in [-0.4, -0.2) is 27.5 Å². The SMILES string of the molecule is CC(Cl)C(=O)C1(N2Cc3ccccc3C2=O)C=CC=CC1. The van der Waals surface area contributed by atoms with E-state index in [-0.39, 0.29) is 11.7 Å². The summed E-state index contributed by atoms with van der Waals surface area (Å²) in [6.07, 6.45) is 7.89. The molecule has 1 aromatic carbocycles. The van der Waals surface area contributed by atoms with Crippen LogP contribution in [0.1, 0.15) is 29.3 Å². The molecule has 2 unspecified atom stereocenters. The molecule has 0 fully saturated rings. The second kappa shape index (κ2) is 5.15. The lowest BCUT2D eigenvalue weighted by Gasteiger charge is -2.39. The molecule has 0 bridgehead atoms. The molecular weight excluding hydrogens is 286 g/mol. The van der Waals surface area contributed by atoms with Crippen molar-refractivity contribution in [2.24, 2.45) is 0 Å². The van der Waals surface area contributed by atoms with Crippen LogP contribution in [0, 0.1) is 0 Å². The second-order valence-electron chi connectivity index (χ2n) is 5.44. The Hall–Kier alpha value is -1.87. The summed E-state index contributed by atoms with van der Waals surface area (Å²) in [6.45, 7) is 2.11. The van der Waals surface area contributed by atoms with Crippen molar-refractivity contribution in [3.8, 4) is 0 Å². The molecule has 0 aromatic heterocycles. The molecule has 0 radical (unpaired) electrons. The van der Waals surface area contributed by atoms with Gasteiger partial charge in [-0.2, -0.15) is 0 Å². The highest BCUT2D eigenvalue weighted by atomic mass is 35.5. The third-order valence-electron chi connectivity index (χ3n) is 4.14. The monoisotopic (exact) mass is 301 g/mol. The molecule has 108 valence electrons. The summed E-state index contributed by atoms with van der Waals surface area (Å²) in [5.41, 5.74) is 0.668. The highest BCUT2D eigenvalue weighted by Gasteiger charge is 2.48. The van der Waals surface area contributed by atoms with Crippen molar-refractivity contribution in [3.63, 3.8) is 0 Å². The Bertz CT molecular complexity index is 663. The Morgan fingerprint density at radius 1 is 1.33 bits per heavy atom. The summed E-state index contributed by atoms with van der Waals surface area (Å²) < 4.78 is 0. The third kappa shape index (κ3) is 2.12. The Morgan fingerprint density at radius 2 is 2.10 bits per heavy atom. The molecule has 0 N–H and O–H groups in total. The fourth-order valence-electron chi connectivity index (χ4n) is 3.05. The quantitative estimate of drug-likeness (QED) is 0.805. The first kappa shape index (κ1) is 14.1. The number of allylic oxidation sites excluding steroid dienone is 2. The number of carbonyl (C=O) groups is 2. The van der Waals surface area contributed by atoms with E-state index < -0.39 is 10.9 Å². The molecule has 4 heteroatoms. The zero-order valence-corrected chi connectivity index (χ0v) is 12.5. The molecule has 0 saturated carbocycles. The van der Waals surface area contributed by atoms with Gasteiger partial charge in [-0.15, -0.1) is 11.6 Å². The van der Waals surface area contributed by atoms with E-state index >= 15 is 0 Å². The molecule has 2 aliphatic rings. The summed E-state index contributed by atoms with van der Waals surface area (Å²) in [6, 6.07) is 7.49. The molecule has 1 aliphatic heterocycles. The Morgan fingerprint density at radius 3 is 2.71 bits per heavy atom. The van der Waals surface area contributed by atoms with Gasteiger partial charge in [-0.3, -0.25) is 9.59 Å². The van der Waals surface area contributed by atoms with E-state index in [1.54, 1.807) is 17.9 Å². The largest absolute Gasteiger partial charge is 0.318 e. The highest BCUT2D eigenvalue weighted by Crippen LogP contribution is 2.36. The summed E-state index contributed by atoms with van der Waals surface area (Å²) in [5, 5.41) is -0.641. The number of Topliss-reactive ketones (excluding diaryl/α,β-unsaturated/α-hetero) is 1. The van der Waals surface area contributed by atoms with Gasteiger partial charge >= 0.3 is 0 Å². The Balaban J connectivity index is 2.04. The van der Waals surface area contributed by atoms with E-state index in [9.17, 15) is 9.59 Å². The summed E-state index contributed by atoms with van der Waals surface area (Å²) in [7, 11) is 0. The number of halogens is 1. The van der Waals surface area contributed by atoms with Crippen molar-refractivity contribution in [1.29, 1.82) is 0 Å². The van der Waals surface area contributed by atoms with Gasteiger partial charge in [0.1, 0.15) is 5.54 Å². The number of benzene rings is 1. The minimum atomic E-state index is -0.966. The van der Waals surface area contributed by atoms with Gasteiger partial charge in [-0.1, -0.05) is 42.5 Å². The summed E-state index contributed by atoms with van der Waals surface area (Å²) in [5.74, 6) is -0.234. The number of amides is 1. The number of nitrogens with zero attached hydrogens (tertiary/aromatic N) is 1. The van der Waals surface area contributed by atoms with E-state index in [0.717, 1.165) is 5.56 Å². The van der Waals surface area contributed by atoms with Gasteiger partial charge in [-0.05, 0) is 25.0 Å². The zero-order chi connectivity index (χ0) is 15.0. The van der Waals surface area contributed by atoms with Crippen LogP contribution in [0.5, 0.6) is 0 Å². The van der Waals surface area contributed by atoms with Gasteiger partial charge in [0.05, 0.1) is 5.38 Å². The van der Waals surface area contributed by atoms with Gasteiger partial charge in [0, 0.05) is 12.1 Å². The van der Waals surface area contributed by atoms with E-state index in [4.69, 9.17) is 11.6 Å². The maximum absolute atomic E-state index is 12.7. The fourth-order valence-corrected chi connectivity index (χ4v) is 3.23. The van der Waals surface area contributed by atoms with Crippen LogP contribution in [0.2, 0.25) is 0 Å². The number of hydrogen-bond donors (Lipinski definition) is 0. The van der Waals surface area contributed by atoms with Crippen molar-refractivity contribution < 1.29 is 9.59 Å². The van der Waals surface area contributed by atoms with Gasteiger partial charge < -0.3 is 4.90 Å². The first-order valence-electron chi connectivity index (χ1n) is 6.99. The van der Waals surface area contributed by atoms with Gasteiger partial charge in [0.15, 0.2) is 5.78 Å². The van der Waals surface area contributed by atoms with Crippen molar-refractivity contribution in [1.82, 2.24) is 4.90 Å². The molecule has 1 aliphatic carbocycles. The second-order valence-corrected chi connectivity index (χ2v) is 6.10.